The van der Waals surface area contributed by atoms with Crippen molar-refractivity contribution in [3.05, 3.63) is 39.7 Å². The van der Waals surface area contributed by atoms with Crippen LogP contribution in [0.2, 0.25) is 0 Å². The Morgan fingerprint density at radius 2 is 2.32 bits per heavy atom. The second kappa shape index (κ2) is 5.31. The largest absolute Gasteiger partial charge is 0.394 e. The molecule has 1 N–H and O–H groups in total. The molecule has 0 radical (unpaired) electrons. The first-order valence-electron chi connectivity index (χ1n) is 5.90. The number of carbonyl (C=O) groups excluding carboxylic acids is 1. The zero-order chi connectivity index (χ0) is 14.0. The van der Waals surface area contributed by atoms with Crippen LogP contribution in [0.15, 0.2) is 18.2 Å². The molecule has 7 heteroatoms. The second-order valence-electron chi connectivity index (χ2n) is 4.40. The van der Waals surface area contributed by atoms with E-state index in [0.717, 1.165) is 18.6 Å². The molecule has 1 aromatic rings. The van der Waals surface area contributed by atoms with E-state index in [1.54, 1.807) is 0 Å². The maximum Gasteiger partial charge on any atom is 0.304 e. The van der Waals surface area contributed by atoms with E-state index in [0.29, 0.717) is 13.0 Å². The number of carbonyl (C=O) groups is 1. The van der Waals surface area contributed by atoms with Gasteiger partial charge in [0.25, 0.3) is 5.91 Å². The number of hydrogen-bond acceptors (Lipinski definition) is 4. The number of likely N-dealkylation sites (tertiary alicyclic amines) is 1. The van der Waals surface area contributed by atoms with Crippen molar-refractivity contribution in [3.63, 3.8) is 0 Å². The summed E-state index contributed by atoms with van der Waals surface area (Å²) in [7, 11) is 0. The fraction of sp³-hybridized carbons (Fsp3) is 0.417. The van der Waals surface area contributed by atoms with Crippen LogP contribution in [0, 0.1) is 15.9 Å². The Kier molecular flexibility index (Phi) is 3.75. The van der Waals surface area contributed by atoms with E-state index in [9.17, 15) is 19.3 Å². The first-order chi connectivity index (χ1) is 9.04. The van der Waals surface area contributed by atoms with Gasteiger partial charge in [-0.2, -0.15) is 4.39 Å². The number of aliphatic hydroxyl groups excluding tert-OH is 1. The third-order valence-corrected chi connectivity index (χ3v) is 3.24. The summed E-state index contributed by atoms with van der Waals surface area (Å²) in [6, 6.07) is 2.82. The van der Waals surface area contributed by atoms with Crippen LogP contribution < -0.4 is 0 Å². The summed E-state index contributed by atoms with van der Waals surface area (Å²) >= 11 is 0. The predicted octanol–water partition coefficient (Wildman–Crippen LogP) is 1.33. The zero-order valence-electron chi connectivity index (χ0n) is 10.1. The lowest BCUT2D eigenvalue weighted by Crippen LogP contribution is -2.37. The Hall–Kier alpha value is -2.02. The molecule has 1 fully saturated rings. The molecule has 19 heavy (non-hydrogen) atoms. The maximum atomic E-state index is 13.5. The van der Waals surface area contributed by atoms with E-state index >= 15 is 0 Å². The average Bonchev–Trinajstić information content (AvgIpc) is 2.85. The maximum absolute atomic E-state index is 13.5. The van der Waals surface area contributed by atoms with E-state index in [-0.39, 0.29) is 18.2 Å². The van der Waals surface area contributed by atoms with Crippen LogP contribution in [-0.2, 0) is 0 Å². The Morgan fingerprint density at radius 3 is 2.89 bits per heavy atom. The lowest BCUT2D eigenvalue weighted by Gasteiger charge is -2.22. The van der Waals surface area contributed by atoms with Crippen molar-refractivity contribution in [1.29, 1.82) is 0 Å². The number of amides is 1. The molecular formula is C12H13FN2O4. The first kappa shape index (κ1) is 13.4. The van der Waals surface area contributed by atoms with E-state index < -0.39 is 22.3 Å². The van der Waals surface area contributed by atoms with Gasteiger partial charge in [0.2, 0.25) is 5.82 Å². The molecule has 0 bridgehead atoms. The van der Waals surface area contributed by atoms with Gasteiger partial charge < -0.3 is 10.0 Å². The van der Waals surface area contributed by atoms with Crippen molar-refractivity contribution in [2.45, 2.75) is 18.9 Å². The SMILES string of the molecule is O=C(c1ccc([N+](=O)[O-])c(F)c1)N1CCC[C@@H]1CO. The van der Waals surface area contributed by atoms with Crippen LogP contribution in [-0.4, -0.2) is 40.0 Å². The Balaban J connectivity index is 2.25. The van der Waals surface area contributed by atoms with Gasteiger partial charge in [-0.1, -0.05) is 0 Å². The predicted molar refractivity (Wildman–Crippen MR) is 64.2 cm³/mol. The first-order valence-corrected chi connectivity index (χ1v) is 5.90. The highest BCUT2D eigenvalue weighted by atomic mass is 19.1. The summed E-state index contributed by atoms with van der Waals surface area (Å²) in [6.45, 7) is 0.365. The number of hydrogen-bond donors (Lipinski definition) is 1. The van der Waals surface area contributed by atoms with Crippen molar-refractivity contribution >= 4 is 11.6 Å². The summed E-state index contributed by atoms with van der Waals surface area (Å²) in [6.07, 6.45) is 1.49. The molecule has 2 rings (SSSR count). The van der Waals surface area contributed by atoms with Gasteiger partial charge in [-0.25, -0.2) is 0 Å². The number of benzene rings is 1. The quantitative estimate of drug-likeness (QED) is 0.662. The van der Waals surface area contributed by atoms with Crippen LogP contribution in [0.5, 0.6) is 0 Å². The smallest absolute Gasteiger partial charge is 0.304 e. The summed E-state index contributed by atoms with van der Waals surface area (Å²) in [5.41, 5.74) is -0.597. The molecule has 0 spiro atoms. The second-order valence-corrected chi connectivity index (χ2v) is 4.40. The Bertz CT molecular complexity index is 520. The van der Waals surface area contributed by atoms with Gasteiger partial charge in [0.1, 0.15) is 0 Å². The number of nitrogens with zero attached hydrogens (tertiary/aromatic N) is 2. The summed E-state index contributed by atoms with van der Waals surface area (Å²) in [4.78, 5) is 23.3. The Morgan fingerprint density at radius 1 is 1.58 bits per heavy atom. The summed E-state index contributed by atoms with van der Waals surface area (Å²) < 4.78 is 13.5. The molecule has 0 unspecified atom stereocenters. The molecule has 1 amide bonds. The topological polar surface area (TPSA) is 83.7 Å². The molecular weight excluding hydrogens is 255 g/mol. The molecule has 0 saturated carbocycles. The third-order valence-electron chi connectivity index (χ3n) is 3.24. The number of aliphatic hydroxyl groups is 1. The highest BCUT2D eigenvalue weighted by molar-refractivity contribution is 5.94. The summed E-state index contributed by atoms with van der Waals surface area (Å²) in [5.74, 6) is -1.44. The zero-order valence-corrected chi connectivity index (χ0v) is 10.1. The molecule has 1 aromatic carbocycles. The van der Waals surface area contributed by atoms with Gasteiger partial charge in [0, 0.05) is 18.2 Å². The van der Waals surface area contributed by atoms with Crippen LogP contribution in [0.3, 0.4) is 0 Å². The third kappa shape index (κ3) is 2.55. The molecule has 0 aliphatic carbocycles. The number of rotatable bonds is 3. The molecule has 0 aromatic heterocycles. The Labute approximate surface area is 108 Å². The molecule has 1 saturated heterocycles. The lowest BCUT2D eigenvalue weighted by molar-refractivity contribution is -0.387. The standard InChI is InChI=1S/C12H13FN2O4/c13-10-6-8(3-4-11(10)15(18)19)12(17)14-5-1-2-9(14)7-16/h3-4,6,9,16H,1-2,5,7H2/t9-/m1/s1. The lowest BCUT2D eigenvalue weighted by atomic mass is 10.1. The van der Waals surface area contributed by atoms with Crippen LogP contribution in [0.4, 0.5) is 10.1 Å². The number of nitro groups is 1. The van der Waals surface area contributed by atoms with Crippen LogP contribution in [0.25, 0.3) is 0 Å². The van der Waals surface area contributed by atoms with E-state index in [1.807, 2.05) is 0 Å². The van der Waals surface area contributed by atoms with E-state index in [4.69, 9.17) is 5.11 Å². The van der Waals surface area contributed by atoms with Crippen molar-refractivity contribution in [1.82, 2.24) is 4.90 Å². The number of halogens is 1. The highest BCUT2D eigenvalue weighted by Crippen LogP contribution is 2.23. The average molecular weight is 268 g/mol. The van der Waals surface area contributed by atoms with Crippen molar-refractivity contribution in [2.75, 3.05) is 13.2 Å². The normalized spacial score (nSPS) is 18.6. The highest BCUT2D eigenvalue weighted by Gasteiger charge is 2.29. The molecule has 1 aliphatic rings. The summed E-state index contributed by atoms with van der Waals surface area (Å²) in [5, 5.41) is 19.6. The van der Waals surface area contributed by atoms with Gasteiger partial charge >= 0.3 is 5.69 Å². The number of nitro benzene ring substituents is 1. The fourth-order valence-electron chi connectivity index (χ4n) is 2.25. The van der Waals surface area contributed by atoms with Crippen LogP contribution >= 0.6 is 0 Å². The molecule has 1 aliphatic heterocycles. The minimum Gasteiger partial charge on any atom is -0.394 e. The monoisotopic (exact) mass is 268 g/mol. The van der Waals surface area contributed by atoms with Gasteiger partial charge in [0.05, 0.1) is 17.6 Å². The van der Waals surface area contributed by atoms with Crippen molar-refractivity contribution in [3.8, 4) is 0 Å². The molecule has 1 heterocycles. The fourth-order valence-corrected chi connectivity index (χ4v) is 2.25. The van der Waals surface area contributed by atoms with Crippen LogP contribution in [0.1, 0.15) is 23.2 Å². The van der Waals surface area contributed by atoms with Crippen molar-refractivity contribution < 1.29 is 19.2 Å². The minimum absolute atomic E-state index is 0.0588. The molecule has 1 atom stereocenters. The van der Waals surface area contributed by atoms with Gasteiger partial charge in [-0.3, -0.25) is 14.9 Å². The van der Waals surface area contributed by atoms with Crippen molar-refractivity contribution in [2.24, 2.45) is 0 Å². The van der Waals surface area contributed by atoms with Gasteiger partial charge in [0.15, 0.2) is 0 Å². The van der Waals surface area contributed by atoms with E-state index in [2.05, 4.69) is 0 Å². The molecule has 6 nitrogen and oxygen atoms in total. The van der Waals surface area contributed by atoms with Gasteiger partial charge in [-0.05, 0) is 25.0 Å². The van der Waals surface area contributed by atoms with Gasteiger partial charge in [-0.15, -0.1) is 0 Å². The molecule has 102 valence electrons. The minimum atomic E-state index is -1.03. The van der Waals surface area contributed by atoms with E-state index in [1.165, 1.54) is 11.0 Å².